The fourth-order valence-electron chi connectivity index (χ4n) is 3.34. The summed E-state index contributed by atoms with van der Waals surface area (Å²) in [6.07, 6.45) is 0. The number of anilines is 1. The normalized spacial score (nSPS) is 11.7. The number of ether oxygens (including phenoxy) is 1. The van der Waals surface area contributed by atoms with E-state index >= 15 is 0 Å². The summed E-state index contributed by atoms with van der Waals surface area (Å²) in [5, 5.41) is 9.30. The van der Waals surface area contributed by atoms with Crippen LogP contribution < -0.4 is 10.5 Å². The number of benzene rings is 3. The van der Waals surface area contributed by atoms with E-state index in [1.54, 1.807) is 30.3 Å². The molecule has 0 atom stereocenters. The van der Waals surface area contributed by atoms with E-state index in [-0.39, 0.29) is 16.1 Å². The third-order valence-corrected chi connectivity index (χ3v) is 6.84. The SMILES string of the molecule is CCN(CC)CCOc1ccc(N)c(C(=N)S(=O)(=O)c2cccc3ccccc23)c1. The van der Waals surface area contributed by atoms with Crippen LogP contribution in [-0.2, 0) is 9.84 Å². The van der Waals surface area contributed by atoms with Crippen LogP contribution in [0.5, 0.6) is 5.75 Å². The molecule has 0 aromatic heterocycles. The van der Waals surface area contributed by atoms with Crippen LogP contribution >= 0.6 is 0 Å². The Morgan fingerprint density at radius 2 is 1.73 bits per heavy atom. The van der Waals surface area contributed by atoms with Gasteiger partial charge in [-0.15, -0.1) is 0 Å². The summed E-state index contributed by atoms with van der Waals surface area (Å²) in [6, 6.07) is 17.1. The molecule has 0 fully saturated rings. The zero-order valence-corrected chi connectivity index (χ0v) is 18.1. The average molecular weight is 426 g/mol. The van der Waals surface area contributed by atoms with Gasteiger partial charge in [-0.25, -0.2) is 8.42 Å². The minimum atomic E-state index is -4.06. The van der Waals surface area contributed by atoms with E-state index in [4.69, 9.17) is 15.9 Å². The molecule has 7 heteroatoms. The summed E-state index contributed by atoms with van der Waals surface area (Å²) >= 11 is 0. The Bertz CT molecular complexity index is 1150. The number of likely N-dealkylation sites (N-methyl/N-ethyl adjacent to an activating group) is 1. The summed E-state index contributed by atoms with van der Waals surface area (Å²) in [4.78, 5) is 2.32. The number of nitrogens with two attached hydrogens (primary N) is 1. The first-order valence-corrected chi connectivity index (χ1v) is 11.4. The molecule has 0 spiro atoms. The van der Waals surface area contributed by atoms with E-state index < -0.39 is 14.9 Å². The lowest BCUT2D eigenvalue weighted by molar-refractivity contribution is 0.223. The van der Waals surface area contributed by atoms with Gasteiger partial charge in [0.1, 0.15) is 12.4 Å². The first-order valence-electron chi connectivity index (χ1n) is 9.95. The van der Waals surface area contributed by atoms with Crippen molar-refractivity contribution in [3.05, 3.63) is 66.2 Å². The van der Waals surface area contributed by atoms with Gasteiger partial charge < -0.3 is 15.4 Å². The van der Waals surface area contributed by atoms with E-state index in [1.165, 1.54) is 12.1 Å². The molecule has 0 aliphatic heterocycles. The standard InChI is InChI=1S/C23H27N3O3S/c1-3-26(4-2)14-15-29-18-12-13-21(24)20(16-18)23(25)30(27,28)22-11-7-9-17-8-5-6-10-19(17)22/h5-13,16,25H,3-4,14-15,24H2,1-2H3. The molecule has 3 rings (SSSR count). The lowest BCUT2D eigenvalue weighted by Crippen LogP contribution is -2.28. The van der Waals surface area contributed by atoms with Crippen LogP contribution in [0.4, 0.5) is 5.69 Å². The maximum atomic E-state index is 13.3. The number of sulfone groups is 1. The highest BCUT2D eigenvalue weighted by molar-refractivity contribution is 8.07. The third-order valence-electron chi connectivity index (χ3n) is 5.15. The van der Waals surface area contributed by atoms with Crippen LogP contribution in [0.25, 0.3) is 10.8 Å². The molecule has 0 aliphatic carbocycles. The number of nitrogens with one attached hydrogen (secondary N) is 1. The molecule has 0 amide bonds. The molecule has 0 bridgehead atoms. The predicted molar refractivity (Wildman–Crippen MR) is 122 cm³/mol. The van der Waals surface area contributed by atoms with Crippen molar-refractivity contribution in [2.75, 3.05) is 32.0 Å². The quantitative estimate of drug-likeness (QED) is 0.324. The molecular formula is C23H27N3O3S. The molecule has 3 aromatic rings. The first-order chi connectivity index (χ1) is 14.4. The molecule has 6 nitrogen and oxygen atoms in total. The monoisotopic (exact) mass is 425 g/mol. The minimum Gasteiger partial charge on any atom is -0.492 e. The van der Waals surface area contributed by atoms with Gasteiger partial charge in [0.2, 0.25) is 9.84 Å². The van der Waals surface area contributed by atoms with Crippen LogP contribution in [0, 0.1) is 5.41 Å². The van der Waals surface area contributed by atoms with Gasteiger partial charge in [0, 0.05) is 23.2 Å². The van der Waals surface area contributed by atoms with Crippen LogP contribution in [0.15, 0.2) is 65.6 Å². The van der Waals surface area contributed by atoms with Gasteiger partial charge in [-0.2, -0.15) is 0 Å². The van der Waals surface area contributed by atoms with Crippen LogP contribution in [0.1, 0.15) is 19.4 Å². The van der Waals surface area contributed by atoms with Gasteiger partial charge in [0.25, 0.3) is 0 Å². The van der Waals surface area contributed by atoms with Gasteiger partial charge in [0.15, 0.2) is 5.04 Å². The number of rotatable bonds is 8. The molecular weight excluding hydrogens is 398 g/mol. The fraction of sp³-hybridized carbons (Fsp3) is 0.261. The lowest BCUT2D eigenvalue weighted by atomic mass is 10.1. The van der Waals surface area contributed by atoms with Crippen molar-refractivity contribution in [3.8, 4) is 5.75 Å². The fourth-order valence-corrected chi connectivity index (χ4v) is 4.76. The number of nitrogens with zero attached hydrogens (tertiary/aromatic N) is 1. The smallest absolute Gasteiger partial charge is 0.224 e. The Labute approximate surface area is 177 Å². The second-order valence-corrected chi connectivity index (χ2v) is 8.79. The van der Waals surface area contributed by atoms with Crippen LogP contribution in [0.2, 0.25) is 0 Å². The molecule has 30 heavy (non-hydrogen) atoms. The molecule has 158 valence electrons. The number of hydrogen-bond acceptors (Lipinski definition) is 6. The zero-order valence-electron chi connectivity index (χ0n) is 17.3. The summed E-state index contributed by atoms with van der Waals surface area (Å²) in [5.41, 5.74) is 6.39. The van der Waals surface area contributed by atoms with Gasteiger partial charge in [-0.05, 0) is 42.7 Å². The highest BCUT2D eigenvalue weighted by atomic mass is 32.2. The largest absolute Gasteiger partial charge is 0.492 e. The minimum absolute atomic E-state index is 0.0952. The second kappa shape index (κ2) is 9.28. The van der Waals surface area contributed by atoms with Crippen molar-refractivity contribution < 1.29 is 13.2 Å². The van der Waals surface area contributed by atoms with E-state index in [1.807, 2.05) is 18.2 Å². The molecule has 0 radical (unpaired) electrons. The molecule has 0 saturated heterocycles. The van der Waals surface area contributed by atoms with E-state index in [0.29, 0.717) is 17.7 Å². The molecule has 0 unspecified atom stereocenters. The van der Waals surface area contributed by atoms with Crippen LogP contribution in [0.3, 0.4) is 0 Å². The lowest BCUT2D eigenvalue weighted by Gasteiger charge is -2.18. The maximum absolute atomic E-state index is 13.3. The van der Waals surface area contributed by atoms with Crippen molar-refractivity contribution in [1.82, 2.24) is 4.90 Å². The van der Waals surface area contributed by atoms with E-state index in [9.17, 15) is 8.42 Å². The topological polar surface area (TPSA) is 96.5 Å². The third kappa shape index (κ3) is 4.47. The maximum Gasteiger partial charge on any atom is 0.224 e. The number of nitrogen functional groups attached to an aromatic ring is 1. The summed E-state index contributed by atoms with van der Waals surface area (Å²) in [7, 11) is -4.06. The summed E-state index contributed by atoms with van der Waals surface area (Å²) in [6.45, 7) is 7.27. The van der Waals surface area contributed by atoms with Crippen molar-refractivity contribution >= 4 is 31.3 Å². The van der Waals surface area contributed by atoms with Crippen molar-refractivity contribution in [1.29, 1.82) is 5.41 Å². The molecule has 0 aliphatic rings. The Morgan fingerprint density at radius 1 is 1.03 bits per heavy atom. The first kappa shape index (κ1) is 21.8. The Hall–Kier alpha value is -2.90. The van der Waals surface area contributed by atoms with E-state index in [2.05, 4.69) is 18.7 Å². The zero-order chi connectivity index (χ0) is 21.7. The van der Waals surface area contributed by atoms with Gasteiger partial charge in [-0.3, -0.25) is 5.41 Å². The van der Waals surface area contributed by atoms with Gasteiger partial charge in [0.05, 0.1) is 4.90 Å². The van der Waals surface area contributed by atoms with E-state index in [0.717, 1.165) is 25.0 Å². The predicted octanol–water partition coefficient (Wildman–Crippen LogP) is 3.94. The Morgan fingerprint density at radius 3 is 2.47 bits per heavy atom. The second-order valence-electron chi connectivity index (χ2n) is 6.93. The van der Waals surface area contributed by atoms with Gasteiger partial charge >= 0.3 is 0 Å². The van der Waals surface area contributed by atoms with Crippen molar-refractivity contribution in [2.45, 2.75) is 18.7 Å². The average Bonchev–Trinajstić information content (AvgIpc) is 2.76. The number of fused-ring (bicyclic) bond motifs is 1. The number of hydrogen-bond donors (Lipinski definition) is 2. The van der Waals surface area contributed by atoms with Crippen molar-refractivity contribution in [2.24, 2.45) is 0 Å². The van der Waals surface area contributed by atoms with Gasteiger partial charge in [-0.1, -0.05) is 50.2 Å². The highest BCUT2D eigenvalue weighted by Crippen LogP contribution is 2.29. The molecule has 0 saturated carbocycles. The Kier molecular flexibility index (Phi) is 6.74. The van der Waals surface area contributed by atoms with Crippen LogP contribution in [-0.4, -0.2) is 44.6 Å². The van der Waals surface area contributed by atoms with Crippen molar-refractivity contribution in [3.63, 3.8) is 0 Å². The molecule has 0 heterocycles. The molecule has 3 N–H and O–H groups in total. The Balaban J connectivity index is 1.90. The summed E-state index contributed by atoms with van der Waals surface area (Å²) < 4.78 is 32.3. The summed E-state index contributed by atoms with van der Waals surface area (Å²) in [5.74, 6) is 0.490. The molecule has 3 aromatic carbocycles. The highest BCUT2D eigenvalue weighted by Gasteiger charge is 2.26.